The molecule has 0 atom stereocenters. The number of aryl methyl sites for hydroxylation is 1. The van der Waals surface area contributed by atoms with E-state index in [9.17, 15) is 4.79 Å². The van der Waals surface area contributed by atoms with Crippen LogP contribution in [-0.2, 0) is 0 Å². The quantitative estimate of drug-likeness (QED) is 0.410. The topological polar surface area (TPSA) is 17.1 Å². The Morgan fingerprint density at radius 1 is 1.29 bits per heavy atom. The van der Waals surface area contributed by atoms with Crippen LogP contribution in [0.25, 0.3) is 0 Å². The Morgan fingerprint density at radius 3 is 2.59 bits per heavy atom. The molecular weight excluding hydrogens is 479 g/mol. The summed E-state index contributed by atoms with van der Waals surface area (Å²) in [5, 5.41) is 0. The second-order valence-electron chi connectivity index (χ2n) is 3.49. The number of carbonyl (C=O) groups excluding carboxylic acids is 1. The van der Waals surface area contributed by atoms with Crippen LogP contribution in [0.5, 0.6) is 0 Å². The average Bonchev–Trinajstić information content (AvgIpc) is 2.60. The predicted molar refractivity (Wildman–Crippen MR) is 87.0 cm³/mol. The van der Waals surface area contributed by atoms with Crippen molar-refractivity contribution in [1.29, 1.82) is 0 Å². The van der Waals surface area contributed by atoms with Gasteiger partial charge in [0.15, 0.2) is 0 Å². The van der Waals surface area contributed by atoms with Crippen LogP contribution in [0.3, 0.4) is 0 Å². The fourth-order valence-electron chi connectivity index (χ4n) is 1.43. The molecule has 0 aliphatic rings. The zero-order valence-electron chi connectivity index (χ0n) is 8.76. The van der Waals surface area contributed by atoms with Crippen LogP contribution in [0.1, 0.15) is 20.1 Å². The highest BCUT2D eigenvalue weighted by atomic mass is 127. The molecule has 1 nitrogen and oxygen atoms in total. The number of carbonyl (C=O) groups is 1. The maximum absolute atomic E-state index is 12.4. The van der Waals surface area contributed by atoms with Crippen LogP contribution >= 0.6 is 65.8 Å². The molecule has 2 aromatic rings. The van der Waals surface area contributed by atoms with Crippen molar-refractivity contribution < 1.29 is 4.79 Å². The van der Waals surface area contributed by atoms with E-state index < -0.39 is 0 Å². The maximum Gasteiger partial charge on any atom is 0.205 e. The summed E-state index contributed by atoms with van der Waals surface area (Å²) in [5.41, 5.74) is 0.738. The normalized spacial score (nSPS) is 10.6. The second kappa shape index (κ2) is 5.50. The third-order valence-corrected chi connectivity index (χ3v) is 5.56. The molecule has 0 aliphatic heterocycles. The van der Waals surface area contributed by atoms with E-state index in [0.717, 1.165) is 27.8 Å². The SMILES string of the molecule is Cc1cc(Br)c(C(=O)c2cc(Br)ccc2I)s1. The second-order valence-corrected chi connectivity index (χ2v) is 7.68. The van der Waals surface area contributed by atoms with E-state index in [0.29, 0.717) is 0 Å². The smallest absolute Gasteiger partial charge is 0.205 e. The molecule has 1 aromatic heterocycles. The first-order valence-electron chi connectivity index (χ1n) is 4.74. The summed E-state index contributed by atoms with van der Waals surface area (Å²) in [5.74, 6) is 0.0701. The lowest BCUT2D eigenvalue weighted by molar-refractivity contribution is 0.104. The number of thiophene rings is 1. The van der Waals surface area contributed by atoms with Crippen LogP contribution in [0.4, 0.5) is 0 Å². The lowest BCUT2D eigenvalue weighted by atomic mass is 10.1. The van der Waals surface area contributed by atoms with Gasteiger partial charge in [0.2, 0.25) is 5.78 Å². The Bertz CT molecular complexity index is 592. The van der Waals surface area contributed by atoms with Gasteiger partial charge in [-0.2, -0.15) is 0 Å². The molecule has 0 saturated carbocycles. The zero-order valence-corrected chi connectivity index (χ0v) is 14.9. The van der Waals surface area contributed by atoms with Gasteiger partial charge in [-0.25, -0.2) is 0 Å². The van der Waals surface area contributed by atoms with E-state index in [1.165, 1.54) is 11.3 Å². The van der Waals surface area contributed by atoms with Crippen molar-refractivity contribution in [2.75, 3.05) is 0 Å². The van der Waals surface area contributed by atoms with E-state index in [1.807, 2.05) is 31.2 Å². The molecule has 1 aromatic carbocycles. The van der Waals surface area contributed by atoms with Crippen LogP contribution < -0.4 is 0 Å². The number of benzene rings is 1. The third-order valence-electron chi connectivity index (χ3n) is 2.19. The highest BCUT2D eigenvalue weighted by molar-refractivity contribution is 14.1. The molecule has 0 radical (unpaired) electrons. The first kappa shape index (κ1) is 13.7. The molecule has 88 valence electrons. The summed E-state index contributed by atoms with van der Waals surface area (Å²) in [6.07, 6.45) is 0. The molecular formula is C12H7Br2IOS. The summed E-state index contributed by atoms with van der Waals surface area (Å²) in [6, 6.07) is 7.72. The van der Waals surface area contributed by atoms with Crippen molar-refractivity contribution in [3.05, 3.63) is 52.1 Å². The van der Waals surface area contributed by atoms with Gasteiger partial charge in [0.1, 0.15) is 0 Å². The summed E-state index contributed by atoms with van der Waals surface area (Å²) in [4.78, 5) is 14.3. The van der Waals surface area contributed by atoms with Gasteiger partial charge in [-0.05, 0) is 69.7 Å². The molecule has 0 N–H and O–H groups in total. The van der Waals surface area contributed by atoms with Gasteiger partial charge in [-0.3, -0.25) is 4.79 Å². The average molecular weight is 486 g/mol. The Balaban J connectivity index is 2.50. The Hall–Kier alpha value is 0.280. The molecule has 0 unspecified atom stereocenters. The van der Waals surface area contributed by atoms with Gasteiger partial charge in [0.05, 0.1) is 4.88 Å². The van der Waals surface area contributed by atoms with Crippen molar-refractivity contribution in [3.8, 4) is 0 Å². The van der Waals surface area contributed by atoms with E-state index >= 15 is 0 Å². The van der Waals surface area contributed by atoms with Crippen LogP contribution in [0.15, 0.2) is 33.2 Å². The fraction of sp³-hybridized carbons (Fsp3) is 0.0833. The first-order chi connectivity index (χ1) is 7.99. The minimum Gasteiger partial charge on any atom is -0.288 e. The Morgan fingerprint density at radius 2 is 2.00 bits per heavy atom. The van der Waals surface area contributed by atoms with Crippen LogP contribution in [-0.4, -0.2) is 5.78 Å². The van der Waals surface area contributed by atoms with Gasteiger partial charge >= 0.3 is 0 Å². The highest BCUT2D eigenvalue weighted by Crippen LogP contribution is 2.31. The van der Waals surface area contributed by atoms with Crippen molar-refractivity contribution in [1.82, 2.24) is 0 Å². The highest BCUT2D eigenvalue weighted by Gasteiger charge is 2.18. The van der Waals surface area contributed by atoms with Gasteiger partial charge in [-0.15, -0.1) is 11.3 Å². The summed E-state index contributed by atoms with van der Waals surface area (Å²) in [6.45, 7) is 2.00. The lowest BCUT2D eigenvalue weighted by Gasteiger charge is -2.03. The molecule has 1 heterocycles. The van der Waals surface area contributed by atoms with Crippen molar-refractivity contribution in [2.45, 2.75) is 6.92 Å². The lowest BCUT2D eigenvalue weighted by Crippen LogP contribution is -2.02. The molecule has 5 heteroatoms. The number of rotatable bonds is 2. The van der Waals surface area contributed by atoms with E-state index in [2.05, 4.69) is 54.5 Å². The summed E-state index contributed by atoms with van der Waals surface area (Å²) < 4.78 is 2.76. The standard InChI is InChI=1S/C12H7Br2IOS/c1-6-4-9(14)12(17-6)11(16)8-5-7(13)2-3-10(8)15/h2-5H,1H3. The first-order valence-corrected chi connectivity index (χ1v) is 8.23. The molecule has 0 fully saturated rings. The van der Waals surface area contributed by atoms with Gasteiger partial charge in [0.25, 0.3) is 0 Å². The molecule has 2 rings (SSSR count). The van der Waals surface area contributed by atoms with Crippen molar-refractivity contribution in [2.24, 2.45) is 0 Å². The molecule has 17 heavy (non-hydrogen) atoms. The maximum atomic E-state index is 12.4. The Labute approximate surface area is 134 Å². The van der Waals surface area contributed by atoms with Crippen molar-refractivity contribution in [3.63, 3.8) is 0 Å². The fourth-order valence-corrected chi connectivity index (χ4v) is 4.15. The summed E-state index contributed by atoms with van der Waals surface area (Å²) >= 11 is 10.5. The van der Waals surface area contributed by atoms with Gasteiger partial charge in [0, 0.05) is 23.0 Å². The van der Waals surface area contributed by atoms with E-state index in [-0.39, 0.29) is 5.78 Å². The summed E-state index contributed by atoms with van der Waals surface area (Å²) in [7, 11) is 0. The number of hydrogen-bond donors (Lipinski definition) is 0. The minimum absolute atomic E-state index is 0.0701. The number of halogens is 3. The zero-order chi connectivity index (χ0) is 12.6. The number of ketones is 1. The molecule has 0 bridgehead atoms. The monoisotopic (exact) mass is 484 g/mol. The van der Waals surface area contributed by atoms with Crippen LogP contribution in [0, 0.1) is 10.5 Å². The van der Waals surface area contributed by atoms with Gasteiger partial charge in [-0.1, -0.05) is 15.9 Å². The number of hydrogen-bond acceptors (Lipinski definition) is 2. The van der Waals surface area contributed by atoms with Crippen LogP contribution in [0.2, 0.25) is 0 Å². The predicted octanol–water partition coefficient (Wildman–Crippen LogP) is 5.42. The van der Waals surface area contributed by atoms with Gasteiger partial charge < -0.3 is 0 Å². The molecule has 0 amide bonds. The van der Waals surface area contributed by atoms with Crippen molar-refractivity contribution >= 4 is 71.6 Å². The largest absolute Gasteiger partial charge is 0.288 e. The molecule has 0 aliphatic carbocycles. The Kier molecular flexibility index (Phi) is 4.44. The molecule has 0 saturated heterocycles. The van der Waals surface area contributed by atoms with E-state index in [1.54, 1.807) is 0 Å². The third kappa shape index (κ3) is 3.00. The minimum atomic E-state index is 0.0701. The molecule has 0 spiro atoms. The van der Waals surface area contributed by atoms with E-state index in [4.69, 9.17) is 0 Å².